The third-order valence-corrected chi connectivity index (χ3v) is 9.86. The number of benzene rings is 7. The van der Waals surface area contributed by atoms with E-state index in [4.69, 9.17) is 14.4 Å². The van der Waals surface area contributed by atoms with Crippen LogP contribution in [0.3, 0.4) is 0 Å². The van der Waals surface area contributed by atoms with E-state index in [1.165, 1.54) is 0 Å². The average molecular weight is 665 g/mol. The van der Waals surface area contributed by atoms with E-state index in [-0.39, 0.29) is 0 Å². The molecule has 5 nitrogen and oxygen atoms in total. The number of fused-ring (bicyclic) bond motifs is 6. The maximum atomic E-state index is 10.6. The number of hydrogen-bond acceptors (Lipinski definition) is 4. The highest BCUT2D eigenvalue weighted by atomic mass is 16.3. The van der Waals surface area contributed by atoms with E-state index in [1.54, 1.807) is 0 Å². The zero-order valence-corrected chi connectivity index (χ0v) is 27.9. The number of aromatic nitrogens is 3. The van der Waals surface area contributed by atoms with Gasteiger partial charge in [0.2, 0.25) is 0 Å². The van der Waals surface area contributed by atoms with Crippen molar-refractivity contribution in [1.29, 1.82) is 5.26 Å². The minimum atomic E-state index is 0.595. The van der Waals surface area contributed by atoms with Gasteiger partial charge in [-0.25, -0.2) is 9.97 Å². The van der Waals surface area contributed by atoms with Crippen LogP contribution in [0.25, 0.3) is 94.5 Å². The van der Waals surface area contributed by atoms with E-state index in [0.29, 0.717) is 11.4 Å². The lowest BCUT2D eigenvalue weighted by atomic mass is 9.98. The van der Waals surface area contributed by atoms with Gasteiger partial charge in [0.25, 0.3) is 0 Å². The highest BCUT2D eigenvalue weighted by Crippen LogP contribution is 2.41. The van der Waals surface area contributed by atoms with Crippen LogP contribution in [0.2, 0.25) is 0 Å². The van der Waals surface area contributed by atoms with Gasteiger partial charge in [0.15, 0.2) is 5.82 Å². The minimum Gasteiger partial charge on any atom is -0.456 e. The summed E-state index contributed by atoms with van der Waals surface area (Å²) in [6.07, 6.45) is 0. The lowest BCUT2D eigenvalue weighted by Crippen LogP contribution is -2.01. The monoisotopic (exact) mass is 664 g/mol. The Bertz CT molecular complexity index is 2970. The molecule has 0 bridgehead atoms. The predicted octanol–water partition coefficient (Wildman–Crippen LogP) is 12.0. The largest absolute Gasteiger partial charge is 0.456 e. The molecule has 0 radical (unpaired) electrons. The fourth-order valence-electron chi connectivity index (χ4n) is 7.44. The van der Waals surface area contributed by atoms with Crippen molar-refractivity contribution in [3.8, 4) is 56.8 Å². The molecule has 0 saturated carbocycles. The summed E-state index contributed by atoms with van der Waals surface area (Å²) in [6.45, 7) is 0. The molecule has 0 saturated heterocycles. The highest BCUT2D eigenvalue weighted by molar-refractivity contribution is 6.12. The lowest BCUT2D eigenvalue weighted by molar-refractivity contribution is 0.669. The van der Waals surface area contributed by atoms with Crippen LogP contribution in [0.4, 0.5) is 0 Å². The average Bonchev–Trinajstić information content (AvgIpc) is 3.76. The first-order valence-electron chi connectivity index (χ1n) is 17.2. The molecular weight excluding hydrogens is 637 g/mol. The topological polar surface area (TPSA) is 67.6 Å². The van der Waals surface area contributed by atoms with E-state index >= 15 is 0 Å². The Balaban J connectivity index is 1.20. The van der Waals surface area contributed by atoms with E-state index in [9.17, 15) is 5.26 Å². The van der Waals surface area contributed by atoms with Gasteiger partial charge in [-0.3, -0.25) is 0 Å². The Morgan fingerprint density at radius 2 is 1.10 bits per heavy atom. The standard InChI is InChI=1S/C47H28N4O/c48-29-34-16-11-19-35(32-23-25-45-39(26-32)37-18-8-10-21-44(37)52-45)46(34)51-42-20-9-7-17-36(42)38-27-33(22-24-43(38)51)41-28-40(30-12-3-1-4-13-30)49-47(50-41)31-14-5-2-6-15-31/h1-28H. The summed E-state index contributed by atoms with van der Waals surface area (Å²) in [5.41, 5.74) is 11.8. The predicted molar refractivity (Wildman–Crippen MR) is 210 cm³/mol. The van der Waals surface area contributed by atoms with E-state index in [1.807, 2.05) is 84.9 Å². The summed E-state index contributed by atoms with van der Waals surface area (Å²) in [6, 6.07) is 60.2. The van der Waals surface area contributed by atoms with Crippen molar-refractivity contribution >= 4 is 43.7 Å². The van der Waals surface area contributed by atoms with Gasteiger partial charge in [0, 0.05) is 43.8 Å². The van der Waals surface area contributed by atoms with Crippen LogP contribution in [0, 0.1) is 11.3 Å². The second kappa shape index (κ2) is 11.9. The summed E-state index contributed by atoms with van der Waals surface area (Å²) in [5.74, 6) is 0.675. The number of hydrogen-bond donors (Lipinski definition) is 0. The summed E-state index contributed by atoms with van der Waals surface area (Å²) in [4.78, 5) is 10.1. The molecule has 10 rings (SSSR count). The molecule has 3 aromatic heterocycles. The van der Waals surface area contributed by atoms with Crippen LogP contribution >= 0.6 is 0 Å². The van der Waals surface area contributed by atoms with Gasteiger partial charge in [-0.2, -0.15) is 5.26 Å². The molecule has 0 spiro atoms. The fraction of sp³-hybridized carbons (Fsp3) is 0. The molecule has 0 N–H and O–H groups in total. The van der Waals surface area contributed by atoms with Gasteiger partial charge < -0.3 is 8.98 Å². The summed E-state index contributed by atoms with van der Waals surface area (Å²) in [5, 5.41) is 14.8. The van der Waals surface area contributed by atoms with Crippen LogP contribution in [0.1, 0.15) is 5.56 Å². The fourth-order valence-corrected chi connectivity index (χ4v) is 7.44. The smallest absolute Gasteiger partial charge is 0.160 e. The summed E-state index contributed by atoms with van der Waals surface area (Å²) < 4.78 is 8.39. The van der Waals surface area contributed by atoms with Gasteiger partial charge in [-0.15, -0.1) is 0 Å². The number of furan rings is 1. The van der Waals surface area contributed by atoms with Gasteiger partial charge in [-0.1, -0.05) is 121 Å². The van der Waals surface area contributed by atoms with Crippen molar-refractivity contribution in [3.05, 3.63) is 175 Å². The van der Waals surface area contributed by atoms with Crippen molar-refractivity contribution in [2.24, 2.45) is 0 Å². The Morgan fingerprint density at radius 1 is 0.462 bits per heavy atom. The Kier molecular flexibility index (Phi) is 6.80. The maximum Gasteiger partial charge on any atom is 0.160 e. The van der Waals surface area contributed by atoms with Gasteiger partial charge in [-0.05, 0) is 54.1 Å². The third kappa shape index (κ3) is 4.78. The van der Waals surface area contributed by atoms with E-state index in [0.717, 1.165) is 88.6 Å². The first kappa shape index (κ1) is 29.6. The maximum absolute atomic E-state index is 10.6. The molecule has 5 heteroatoms. The van der Waals surface area contributed by atoms with Crippen LogP contribution in [-0.4, -0.2) is 14.5 Å². The van der Waals surface area contributed by atoms with Gasteiger partial charge in [0.05, 0.1) is 33.7 Å². The molecule has 0 amide bonds. The second-order valence-corrected chi connectivity index (χ2v) is 12.9. The zero-order chi connectivity index (χ0) is 34.6. The zero-order valence-electron chi connectivity index (χ0n) is 27.9. The molecule has 7 aromatic carbocycles. The molecule has 0 unspecified atom stereocenters. The van der Waals surface area contributed by atoms with Crippen LogP contribution in [0.5, 0.6) is 0 Å². The highest BCUT2D eigenvalue weighted by Gasteiger charge is 2.21. The molecule has 10 aromatic rings. The summed E-state index contributed by atoms with van der Waals surface area (Å²) >= 11 is 0. The van der Waals surface area contributed by atoms with Gasteiger partial charge in [0.1, 0.15) is 17.2 Å². The van der Waals surface area contributed by atoms with Crippen molar-refractivity contribution in [1.82, 2.24) is 14.5 Å². The number of nitriles is 1. The van der Waals surface area contributed by atoms with Crippen molar-refractivity contribution in [3.63, 3.8) is 0 Å². The van der Waals surface area contributed by atoms with Crippen molar-refractivity contribution in [2.45, 2.75) is 0 Å². The van der Waals surface area contributed by atoms with Crippen molar-refractivity contribution in [2.75, 3.05) is 0 Å². The van der Waals surface area contributed by atoms with Crippen LogP contribution in [-0.2, 0) is 0 Å². The lowest BCUT2D eigenvalue weighted by Gasteiger charge is -2.16. The van der Waals surface area contributed by atoms with Crippen LogP contribution in [0.15, 0.2) is 174 Å². The molecule has 0 aliphatic carbocycles. The quantitative estimate of drug-likeness (QED) is 0.184. The Labute approximate surface area is 299 Å². The number of rotatable bonds is 5. The van der Waals surface area contributed by atoms with Gasteiger partial charge >= 0.3 is 0 Å². The Hall–Kier alpha value is -7.29. The van der Waals surface area contributed by atoms with E-state index in [2.05, 4.69) is 95.6 Å². The molecule has 0 atom stereocenters. The number of nitrogens with zero attached hydrogens (tertiary/aromatic N) is 4. The van der Waals surface area contributed by atoms with Crippen LogP contribution < -0.4 is 0 Å². The minimum absolute atomic E-state index is 0.595. The molecular formula is C47H28N4O. The molecule has 0 aliphatic heterocycles. The first-order chi connectivity index (χ1) is 25.7. The Morgan fingerprint density at radius 3 is 1.90 bits per heavy atom. The van der Waals surface area contributed by atoms with Crippen molar-refractivity contribution < 1.29 is 4.42 Å². The summed E-state index contributed by atoms with van der Waals surface area (Å²) in [7, 11) is 0. The second-order valence-electron chi connectivity index (χ2n) is 12.9. The SMILES string of the molecule is N#Cc1cccc(-c2ccc3oc4ccccc4c3c2)c1-n1c2ccccc2c2cc(-c3cc(-c4ccccc4)nc(-c4ccccc4)n3)ccc21. The molecule has 52 heavy (non-hydrogen) atoms. The first-order valence-corrected chi connectivity index (χ1v) is 17.2. The molecule has 3 heterocycles. The normalized spacial score (nSPS) is 11.4. The molecule has 0 fully saturated rings. The third-order valence-electron chi connectivity index (χ3n) is 9.86. The molecule has 242 valence electrons. The molecule has 0 aliphatic rings. The van der Waals surface area contributed by atoms with E-state index < -0.39 is 0 Å². The number of para-hydroxylation sites is 3.